The maximum absolute atomic E-state index is 12.8. The van der Waals surface area contributed by atoms with Crippen LogP contribution < -0.4 is 5.32 Å². The van der Waals surface area contributed by atoms with Crippen molar-refractivity contribution < 1.29 is 13.2 Å². The molecular formula is C20H21N3O3S. The Morgan fingerprint density at radius 2 is 1.85 bits per heavy atom. The van der Waals surface area contributed by atoms with Crippen LogP contribution in [0.1, 0.15) is 18.4 Å². The first-order valence-corrected chi connectivity index (χ1v) is 10.3. The molecule has 0 spiro atoms. The summed E-state index contributed by atoms with van der Waals surface area (Å²) in [5, 5.41) is 11.6. The largest absolute Gasteiger partial charge is 0.326 e. The highest BCUT2D eigenvalue weighted by Gasteiger charge is 2.33. The quantitative estimate of drug-likeness (QED) is 0.860. The smallest absolute Gasteiger partial charge is 0.243 e. The summed E-state index contributed by atoms with van der Waals surface area (Å²) < 4.78 is 27.0. The Kier molecular flexibility index (Phi) is 5.89. The highest BCUT2D eigenvalue weighted by molar-refractivity contribution is 7.89. The molecule has 2 aromatic carbocycles. The molecule has 1 aliphatic rings. The van der Waals surface area contributed by atoms with E-state index in [1.54, 1.807) is 54.6 Å². The van der Waals surface area contributed by atoms with E-state index in [1.165, 1.54) is 4.31 Å². The lowest BCUT2D eigenvalue weighted by molar-refractivity contribution is -0.120. The van der Waals surface area contributed by atoms with Gasteiger partial charge in [0, 0.05) is 18.8 Å². The Balaban J connectivity index is 1.67. The molecule has 1 atom stereocenters. The van der Waals surface area contributed by atoms with Gasteiger partial charge in [0.25, 0.3) is 0 Å². The van der Waals surface area contributed by atoms with E-state index in [1.807, 2.05) is 0 Å². The summed E-state index contributed by atoms with van der Waals surface area (Å²) in [5.74, 6) is -0.577. The van der Waals surface area contributed by atoms with Gasteiger partial charge in [-0.1, -0.05) is 30.3 Å². The van der Waals surface area contributed by atoms with Crippen LogP contribution in [-0.2, 0) is 21.2 Å². The molecule has 0 radical (unpaired) electrons. The topological polar surface area (TPSA) is 90.3 Å². The van der Waals surface area contributed by atoms with Gasteiger partial charge in [0.05, 0.1) is 23.3 Å². The van der Waals surface area contributed by atoms with Crippen LogP contribution in [0.25, 0.3) is 0 Å². The van der Waals surface area contributed by atoms with Gasteiger partial charge in [0.2, 0.25) is 15.9 Å². The second kappa shape index (κ2) is 8.33. The van der Waals surface area contributed by atoms with Gasteiger partial charge in [-0.05, 0) is 42.7 Å². The first-order chi connectivity index (χ1) is 13.0. The number of anilines is 1. The number of benzene rings is 2. The van der Waals surface area contributed by atoms with Crippen molar-refractivity contribution in [3.05, 3.63) is 60.2 Å². The Bertz CT molecular complexity index is 935. The van der Waals surface area contributed by atoms with E-state index in [2.05, 4.69) is 11.4 Å². The monoisotopic (exact) mass is 383 g/mol. The number of hydrogen-bond donors (Lipinski definition) is 1. The van der Waals surface area contributed by atoms with Crippen molar-refractivity contribution in [2.45, 2.75) is 24.2 Å². The first kappa shape index (κ1) is 19.1. The summed E-state index contributed by atoms with van der Waals surface area (Å²) in [6.07, 6.45) is 1.62. The lowest BCUT2D eigenvalue weighted by Crippen LogP contribution is -2.43. The van der Waals surface area contributed by atoms with Gasteiger partial charge in [-0.15, -0.1) is 0 Å². The molecule has 2 aromatic rings. The zero-order valence-corrected chi connectivity index (χ0v) is 15.7. The molecule has 1 saturated heterocycles. The molecule has 1 N–H and O–H groups in total. The number of piperidine rings is 1. The Morgan fingerprint density at radius 1 is 1.15 bits per heavy atom. The van der Waals surface area contributed by atoms with Crippen molar-refractivity contribution in [2.75, 3.05) is 18.4 Å². The molecule has 0 aliphatic carbocycles. The zero-order chi connectivity index (χ0) is 19.3. The maximum Gasteiger partial charge on any atom is 0.243 e. The van der Waals surface area contributed by atoms with E-state index >= 15 is 0 Å². The number of nitrogens with one attached hydrogen (secondary N) is 1. The maximum atomic E-state index is 12.8. The third-order valence-corrected chi connectivity index (χ3v) is 6.52. The van der Waals surface area contributed by atoms with E-state index < -0.39 is 15.9 Å². The standard InChI is InChI=1S/C20H21N3O3S/c21-13-12-16-8-10-18(11-9-16)22-20(24)17-5-4-14-23(15-17)27(25,26)19-6-2-1-3-7-19/h1-3,6-11,17H,4-5,12,14-15H2,(H,22,24)/t17-/m0/s1. The Morgan fingerprint density at radius 3 is 2.52 bits per heavy atom. The van der Waals surface area contributed by atoms with E-state index in [0.717, 1.165) is 5.56 Å². The summed E-state index contributed by atoms with van der Waals surface area (Å²) in [6, 6.07) is 17.5. The lowest BCUT2D eigenvalue weighted by atomic mass is 9.98. The molecule has 3 rings (SSSR count). The minimum absolute atomic E-state index is 0.176. The molecule has 6 nitrogen and oxygen atoms in total. The van der Waals surface area contributed by atoms with Crippen LogP contribution in [0.2, 0.25) is 0 Å². The van der Waals surface area contributed by atoms with Crippen LogP contribution in [0, 0.1) is 17.2 Å². The highest BCUT2D eigenvalue weighted by Crippen LogP contribution is 2.24. The third-order valence-electron chi connectivity index (χ3n) is 4.64. The molecule has 1 aliphatic heterocycles. The number of carbonyl (C=O) groups excluding carboxylic acids is 1. The first-order valence-electron chi connectivity index (χ1n) is 8.82. The zero-order valence-electron chi connectivity index (χ0n) is 14.8. The van der Waals surface area contributed by atoms with Crippen LogP contribution in [0.15, 0.2) is 59.5 Å². The SMILES string of the molecule is N#CCc1ccc(NC(=O)[C@H]2CCCN(S(=O)(=O)c3ccccc3)C2)cc1. The van der Waals surface area contributed by atoms with Crippen molar-refractivity contribution in [2.24, 2.45) is 5.92 Å². The fraction of sp³-hybridized carbons (Fsp3) is 0.300. The van der Waals surface area contributed by atoms with Gasteiger partial charge in [-0.2, -0.15) is 9.57 Å². The molecular weight excluding hydrogens is 362 g/mol. The normalized spacial score (nSPS) is 17.8. The van der Waals surface area contributed by atoms with Gasteiger partial charge in [-0.25, -0.2) is 8.42 Å². The number of sulfonamides is 1. The van der Waals surface area contributed by atoms with Crippen LogP contribution in [-0.4, -0.2) is 31.7 Å². The van der Waals surface area contributed by atoms with E-state index in [9.17, 15) is 13.2 Å². The van der Waals surface area contributed by atoms with Gasteiger partial charge >= 0.3 is 0 Å². The number of hydrogen-bond acceptors (Lipinski definition) is 4. The number of nitriles is 1. The van der Waals surface area contributed by atoms with Crippen molar-refractivity contribution in [3.63, 3.8) is 0 Å². The molecule has 0 saturated carbocycles. The molecule has 0 aromatic heterocycles. The van der Waals surface area contributed by atoms with E-state index in [4.69, 9.17) is 5.26 Å². The lowest BCUT2D eigenvalue weighted by Gasteiger charge is -2.31. The third kappa shape index (κ3) is 4.54. The average Bonchev–Trinajstić information content (AvgIpc) is 2.70. The second-order valence-corrected chi connectivity index (χ2v) is 8.47. The molecule has 1 amide bonds. The highest BCUT2D eigenvalue weighted by atomic mass is 32.2. The van der Waals surface area contributed by atoms with Gasteiger partial charge < -0.3 is 5.32 Å². The average molecular weight is 383 g/mol. The van der Waals surface area contributed by atoms with Crippen LogP contribution in [0.3, 0.4) is 0 Å². The number of amides is 1. The fourth-order valence-corrected chi connectivity index (χ4v) is 4.70. The molecule has 1 fully saturated rings. The molecule has 0 bridgehead atoms. The molecule has 1 heterocycles. The van der Waals surface area contributed by atoms with E-state index in [0.29, 0.717) is 31.5 Å². The van der Waals surface area contributed by atoms with Crippen molar-refractivity contribution in [1.29, 1.82) is 5.26 Å². The molecule has 0 unspecified atom stereocenters. The van der Waals surface area contributed by atoms with E-state index in [-0.39, 0.29) is 17.3 Å². The second-order valence-electron chi connectivity index (χ2n) is 6.54. The Hall–Kier alpha value is -2.69. The summed E-state index contributed by atoms with van der Waals surface area (Å²) in [4.78, 5) is 12.9. The molecule has 27 heavy (non-hydrogen) atoms. The van der Waals surface area contributed by atoms with Crippen molar-refractivity contribution in [1.82, 2.24) is 4.31 Å². The number of nitrogens with zero attached hydrogens (tertiary/aromatic N) is 2. The van der Waals surface area contributed by atoms with Crippen molar-refractivity contribution in [3.8, 4) is 6.07 Å². The summed E-state index contributed by atoms with van der Waals surface area (Å²) in [6.45, 7) is 0.597. The fourth-order valence-electron chi connectivity index (χ4n) is 3.16. The van der Waals surface area contributed by atoms with Crippen LogP contribution >= 0.6 is 0 Å². The van der Waals surface area contributed by atoms with Gasteiger partial charge in [0.1, 0.15) is 0 Å². The van der Waals surface area contributed by atoms with Crippen LogP contribution in [0.4, 0.5) is 5.69 Å². The summed E-state index contributed by atoms with van der Waals surface area (Å²) in [7, 11) is -3.59. The Labute approximate surface area is 159 Å². The number of rotatable bonds is 5. The minimum atomic E-state index is -3.59. The minimum Gasteiger partial charge on any atom is -0.326 e. The van der Waals surface area contributed by atoms with Crippen LogP contribution in [0.5, 0.6) is 0 Å². The summed E-state index contributed by atoms with van der Waals surface area (Å²) in [5.41, 5.74) is 1.53. The van der Waals surface area contributed by atoms with Gasteiger partial charge in [-0.3, -0.25) is 4.79 Å². The summed E-state index contributed by atoms with van der Waals surface area (Å²) >= 11 is 0. The molecule has 7 heteroatoms. The predicted octanol–water partition coefficient (Wildman–Crippen LogP) is 2.79. The molecule has 140 valence electrons. The van der Waals surface area contributed by atoms with Gasteiger partial charge in [0.15, 0.2) is 0 Å². The van der Waals surface area contributed by atoms with Crippen molar-refractivity contribution >= 4 is 21.6 Å². The predicted molar refractivity (Wildman–Crippen MR) is 102 cm³/mol. The number of carbonyl (C=O) groups is 1.